The van der Waals surface area contributed by atoms with E-state index in [2.05, 4.69) is 4.99 Å². The number of carbonyl (C=O) groups excluding carboxylic acids is 1. The Labute approximate surface area is 90.9 Å². The highest BCUT2D eigenvalue weighted by Crippen LogP contribution is 2.27. The van der Waals surface area contributed by atoms with E-state index in [0.29, 0.717) is 5.69 Å². The monoisotopic (exact) mass is 213 g/mol. The number of hydrogen-bond acceptors (Lipinski definition) is 3. The lowest BCUT2D eigenvalue weighted by molar-refractivity contribution is 0.0697. The van der Waals surface area contributed by atoms with Gasteiger partial charge in [0.05, 0.1) is 11.3 Å². The molecule has 0 fully saturated rings. The van der Waals surface area contributed by atoms with Crippen molar-refractivity contribution in [3.63, 3.8) is 0 Å². The molecule has 2 aromatic rings. The van der Waals surface area contributed by atoms with Crippen LogP contribution in [0.3, 0.4) is 0 Å². The highest BCUT2D eigenvalue weighted by molar-refractivity contribution is 6.00. The molecule has 0 unspecified atom stereocenters. The smallest absolute Gasteiger partial charge is 0.335 e. The maximum atomic E-state index is 10.9. The summed E-state index contributed by atoms with van der Waals surface area (Å²) in [4.78, 5) is 24.6. The average Bonchev–Trinajstić information content (AvgIpc) is 2.29. The van der Waals surface area contributed by atoms with Crippen LogP contribution in [-0.2, 0) is 4.79 Å². The van der Waals surface area contributed by atoms with Crippen LogP contribution in [0.1, 0.15) is 10.4 Å². The van der Waals surface area contributed by atoms with Gasteiger partial charge in [0.2, 0.25) is 6.08 Å². The number of fused-ring (bicyclic) bond motifs is 1. The number of carboxylic acids is 1. The van der Waals surface area contributed by atoms with Crippen LogP contribution in [0.15, 0.2) is 41.4 Å². The molecule has 1 N–H and O–H groups in total. The molecule has 0 bridgehead atoms. The predicted molar refractivity (Wildman–Crippen MR) is 58.7 cm³/mol. The lowest BCUT2D eigenvalue weighted by Gasteiger charge is -2.02. The summed E-state index contributed by atoms with van der Waals surface area (Å²) in [6.45, 7) is 0. The van der Waals surface area contributed by atoms with Crippen LogP contribution in [0.4, 0.5) is 5.69 Å². The summed E-state index contributed by atoms with van der Waals surface area (Å²) in [6, 6.07) is 10.0. The number of nitrogens with zero attached hydrogens (tertiary/aromatic N) is 1. The van der Waals surface area contributed by atoms with Crippen LogP contribution >= 0.6 is 0 Å². The Morgan fingerprint density at radius 2 is 2.00 bits per heavy atom. The fraction of sp³-hybridized carbons (Fsp3) is 0. The third kappa shape index (κ3) is 1.69. The van der Waals surface area contributed by atoms with E-state index in [0.717, 1.165) is 10.8 Å². The van der Waals surface area contributed by atoms with Gasteiger partial charge in [0.1, 0.15) is 0 Å². The molecule has 0 aliphatic rings. The Kier molecular flexibility index (Phi) is 2.50. The summed E-state index contributed by atoms with van der Waals surface area (Å²) in [5.41, 5.74) is 0.429. The maximum Gasteiger partial charge on any atom is 0.335 e. The number of carbonyl (C=O) groups is 1. The molecule has 0 saturated heterocycles. The number of carboxylic acid groups (broad SMARTS) is 1. The van der Waals surface area contributed by atoms with Gasteiger partial charge in [-0.2, -0.15) is 4.99 Å². The highest BCUT2D eigenvalue weighted by Gasteiger charge is 2.07. The van der Waals surface area contributed by atoms with Gasteiger partial charge >= 0.3 is 5.97 Å². The van der Waals surface area contributed by atoms with E-state index >= 15 is 0 Å². The lowest BCUT2D eigenvalue weighted by Crippen LogP contribution is -1.95. The Hall–Kier alpha value is -2.45. The molecule has 78 valence electrons. The van der Waals surface area contributed by atoms with Crippen molar-refractivity contribution in [1.29, 1.82) is 0 Å². The zero-order chi connectivity index (χ0) is 11.5. The number of rotatable bonds is 2. The predicted octanol–water partition coefficient (Wildman–Crippen LogP) is 2.51. The first-order chi connectivity index (χ1) is 7.72. The molecular formula is C12H7NO3. The van der Waals surface area contributed by atoms with Crippen molar-refractivity contribution < 1.29 is 14.7 Å². The van der Waals surface area contributed by atoms with Crippen molar-refractivity contribution in [2.45, 2.75) is 0 Å². The van der Waals surface area contributed by atoms with Gasteiger partial charge in [0.15, 0.2) is 0 Å². The Balaban J connectivity index is 2.83. The third-order valence-corrected chi connectivity index (χ3v) is 2.25. The summed E-state index contributed by atoms with van der Waals surface area (Å²) < 4.78 is 0. The zero-order valence-electron chi connectivity index (χ0n) is 8.18. The van der Waals surface area contributed by atoms with E-state index in [9.17, 15) is 9.59 Å². The molecule has 0 aromatic heterocycles. The van der Waals surface area contributed by atoms with Gasteiger partial charge in [-0.05, 0) is 17.5 Å². The number of aliphatic imine (C=N–C) groups is 1. The van der Waals surface area contributed by atoms with Crippen LogP contribution in [0, 0.1) is 0 Å². The third-order valence-electron chi connectivity index (χ3n) is 2.25. The number of aromatic carboxylic acids is 1. The first-order valence-electron chi connectivity index (χ1n) is 4.56. The van der Waals surface area contributed by atoms with Gasteiger partial charge in [-0.3, -0.25) is 0 Å². The van der Waals surface area contributed by atoms with Crippen molar-refractivity contribution in [1.82, 2.24) is 0 Å². The van der Waals surface area contributed by atoms with Crippen LogP contribution in [-0.4, -0.2) is 17.2 Å². The molecule has 4 heteroatoms. The topological polar surface area (TPSA) is 66.7 Å². The van der Waals surface area contributed by atoms with E-state index in [4.69, 9.17) is 5.11 Å². The standard InChI is InChI=1S/C12H7NO3/c14-7-13-11-6-9(12(15)16)5-8-3-1-2-4-10(8)11/h1-6H,(H,15,16). The molecule has 0 heterocycles. The minimum atomic E-state index is -1.05. The van der Waals surface area contributed by atoms with Crippen LogP contribution in [0.5, 0.6) is 0 Å². The molecule has 2 rings (SSSR count). The average molecular weight is 213 g/mol. The van der Waals surface area contributed by atoms with Crippen LogP contribution < -0.4 is 0 Å². The molecule has 0 spiro atoms. The Morgan fingerprint density at radius 3 is 2.69 bits per heavy atom. The normalized spacial score (nSPS) is 9.75. The fourth-order valence-corrected chi connectivity index (χ4v) is 1.56. The van der Waals surface area contributed by atoms with Crippen LogP contribution in [0.25, 0.3) is 10.8 Å². The largest absolute Gasteiger partial charge is 0.478 e. The first kappa shape index (κ1) is 10.1. The molecule has 16 heavy (non-hydrogen) atoms. The van der Waals surface area contributed by atoms with Gasteiger partial charge in [-0.15, -0.1) is 0 Å². The second kappa shape index (κ2) is 3.96. The summed E-state index contributed by atoms with van der Waals surface area (Å²) in [6.07, 6.45) is 1.42. The maximum absolute atomic E-state index is 10.9. The minimum absolute atomic E-state index is 0.104. The molecular weight excluding hydrogens is 206 g/mol. The summed E-state index contributed by atoms with van der Waals surface area (Å²) >= 11 is 0. The molecule has 0 atom stereocenters. The molecule has 0 aliphatic heterocycles. The zero-order valence-corrected chi connectivity index (χ0v) is 8.18. The van der Waals surface area contributed by atoms with Gasteiger partial charge in [-0.25, -0.2) is 9.59 Å². The molecule has 0 radical (unpaired) electrons. The van der Waals surface area contributed by atoms with Gasteiger partial charge < -0.3 is 5.11 Å². The van der Waals surface area contributed by atoms with Crippen molar-refractivity contribution in [3.05, 3.63) is 42.0 Å². The quantitative estimate of drug-likeness (QED) is 0.615. The molecule has 4 nitrogen and oxygen atoms in total. The molecule has 2 aromatic carbocycles. The van der Waals surface area contributed by atoms with E-state index in [1.54, 1.807) is 30.3 Å². The van der Waals surface area contributed by atoms with E-state index in [1.807, 2.05) is 0 Å². The Morgan fingerprint density at radius 1 is 1.25 bits per heavy atom. The minimum Gasteiger partial charge on any atom is -0.478 e. The van der Waals surface area contributed by atoms with Crippen molar-refractivity contribution in [2.24, 2.45) is 4.99 Å². The second-order valence-electron chi connectivity index (χ2n) is 3.22. The Bertz CT molecular complexity index is 613. The van der Waals surface area contributed by atoms with Crippen molar-refractivity contribution >= 4 is 28.5 Å². The number of hydrogen-bond donors (Lipinski definition) is 1. The fourth-order valence-electron chi connectivity index (χ4n) is 1.56. The van der Waals surface area contributed by atoms with E-state index in [-0.39, 0.29) is 5.56 Å². The van der Waals surface area contributed by atoms with Gasteiger partial charge in [-0.1, -0.05) is 24.3 Å². The number of benzene rings is 2. The first-order valence-corrected chi connectivity index (χ1v) is 4.56. The SMILES string of the molecule is O=C=Nc1cc(C(=O)O)cc2ccccc12. The van der Waals surface area contributed by atoms with Gasteiger partial charge in [0.25, 0.3) is 0 Å². The molecule has 0 amide bonds. The van der Waals surface area contributed by atoms with Crippen LogP contribution in [0.2, 0.25) is 0 Å². The summed E-state index contributed by atoms with van der Waals surface area (Å²) in [5.74, 6) is -1.05. The lowest BCUT2D eigenvalue weighted by atomic mass is 10.1. The van der Waals surface area contributed by atoms with Gasteiger partial charge in [0, 0.05) is 5.39 Å². The second-order valence-corrected chi connectivity index (χ2v) is 3.22. The number of isocyanates is 1. The highest BCUT2D eigenvalue weighted by atomic mass is 16.4. The summed E-state index contributed by atoms with van der Waals surface area (Å²) in [5, 5.41) is 10.4. The van der Waals surface area contributed by atoms with E-state index in [1.165, 1.54) is 12.1 Å². The molecule has 0 saturated carbocycles. The van der Waals surface area contributed by atoms with Crippen molar-refractivity contribution in [3.8, 4) is 0 Å². The molecule has 0 aliphatic carbocycles. The summed E-state index contributed by atoms with van der Waals surface area (Å²) in [7, 11) is 0. The van der Waals surface area contributed by atoms with Crippen molar-refractivity contribution in [2.75, 3.05) is 0 Å². The van der Waals surface area contributed by atoms with E-state index < -0.39 is 5.97 Å².